The lowest BCUT2D eigenvalue weighted by molar-refractivity contribution is -0.125. The summed E-state index contributed by atoms with van der Waals surface area (Å²) in [6.07, 6.45) is 0.506. The Morgan fingerprint density at radius 2 is 1.61 bits per heavy atom. The number of amides is 1. The van der Waals surface area contributed by atoms with Crippen LogP contribution in [0.3, 0.4) is 0 Å². The average Bonchev–Trinajstić information content (AvgIpc) is 2.71. The third kappa shape index (κ3) is 3.36. The van der Waals surface area contributed by atoms with Gasteiger partial charge in [-0.05, 0) is 44.2 Å². The molecule has 0 spiro atoms. The number of carbonyl (C=O) groups is 2. The molecule has 0 fully saturated rings. The smallest absolute Gasteiger partial charge is 0.357 e. The number of hydrogen-bond donors (Lipinski definition) is 0. The summed E-state index contributed by atoms with van der Waals surface area (Å²) >= 11 is 1.61. The van der Waals surface area contributed by atoms with Gasteiger partial charge in [0.1, 0.15) is 5.82 Å². The second-order valence-electron chi connectivity index (χ2n) is 6.25. The average molecular weight is 391 g/mol. The number of ether oxygens (including phenoxy) is 1. The van der Waals surface area contributed by atoms with Crippen LogP contribution in [0.1, 0.15) is 23.2 Å². The first-order valence-corrected chi connectivity index (χ1v) is 9.57. The Bertz CT molecular complexity index is 1020. The van der Waals surface area contributed by atoms with Crippen LogP contribution in [0.2, 0.25) is 0 Å². The fraction of sp³-hybridized carbons (Fsp3) is 0.143. The molecule has 6 nitrogen and oxygen atoms in total. The topological polar surface area (TPSA) is 72.4 Å². The molecule has 0 bridgehead atoms. The van der Waals surface area contributed by atoms with Gasteiger partial charge >= 0.3 is 5.97 Å². The Hall–Kier alpha value is -3.19. The van der Waals surface area contributed by atoms with E-state index < -0.39 is 12.1 Å². The number of rotatable bonds is 3. The summed E-state index contributed by atoms with van der Waals surface area (Å²) in [7, 11) is 0. The van der Waals surface area contributed by atoms with Crippen LogP contribution >= 0.6 is 11.8 Å². The van der Waals surface area contributed by atoms with E-state index in [2.05, 4.69) is 9.97 Å². The van der Waals surface area contributed by atoms with E-state index in [0.29, 0.717) is 5.82 Å². The van der Waals surface area contributed by atoms with Crippen LogP contribution in [0.5, 0.6) is 0 Å². The lowest BCUT2D eigenvalue weighted by atomic mass is 10.2. The number of fused-ring (bicyclic) bond motifs is 2. The molecule has 0 saturated heterocycles. The quantitative estimate of drug-likeness (QED) is 0.624. The molecule has 3 aromatic rings. The molecule has 0 radical (unpaired) electrons. The van der Waals surface area contributed by atoms with Crippen LogP contribution in [0.25, 0.3) is 0 Å². The SMILES string of the molecule is Cc1nccc(C(=O)O[C@@H](C)C(=O)N2c3ccccc3Sc3ccccc32)n1. The first-order valence-electron chi connectivity index (χ1n) is 8.75. The summed E-state index contributed by atoms with van der Waals surface area (Å²) in [5.41, 5.74) is 1.68. The molecule has 4 rings (SSSR count). The summed E-state index contributed by atoms with van der Waals surface area (Å²) in [5, 5.41) is 0. The number of benzene rings is 2. The Labute approximate surface area is 166 Å². The summed E-state index contributed by atoms with van der Waals surface area (Å²) in [4.78, 5) is 37.2. The standard InChI is InChI=1S/C21H17N3O3S/c1-13(27-21(26)15-11-12-22-14(2)23-15)20(25)24-16-7-3-5-9-18(16)28-19-10-6-4-8-17(19)24/h3-13H,1-2H3/t13-/m0/s1. The number of esters is 1. The largest absolute Gasteiger partial charge is 0.448 e. The number of anilines is 2. The molecule has 0 saturated carbocycles. The van der Waals surface area contributed by atoms with E-state index in [1.807, 2.05) is 48.5 Å². The van der Waals surface area contributed by atoms with Crippen LogP contribution < -0.4 is 4.90 Å². The molecule has 0 aliphatic carbocycles. The van der Waals surface area contributed by atoms with Gasteiger partial charge in [0, 0.05) is 16.0 Å². The number of carbonyl (C=O) groups excluding carboxylic acids is 2. The van der Waals surface area contributed by atoms with Gasteiger partial charge in [0.05, 0.1) is 11.4 Å². The van der Waals surface area contributed by atoms with Gasteiger partial charge in [-0.25, -0.2) is 14.8 Å². The van der Waals surface area contributed by atoms with Gasteiger partial charge < -0.3 is 4.74 Å². The maximum atomic E-state index is 13.3. The molecule has 1 aliphatic heterocycles. The highest BCUT2D eigenvalue weighted by Gasteiger charge is 2.32. The van der Waals surface area contributed by atoms with Gasteiger partial charge in [-0.1, -0.05) is 36.0 Å². The minimum Gasteiger partial charge on any atom is -0.448 e. The molecular weight excluding hydrogens is 374 g/mol. The molecular formula is C21H17N3O3S. The van der Waals surface area contributed by atoms with Crippen molar-refractivity contribution in [2.24, 2.45) is 0 Å². The minimum absolute atomic E-state index is 0.127. The van der Waals surface area contributed by atoms with Crippen molar-refractivity contribution in [2.75, 3.05) is 4.90 Å². The normalized spacial score (nSPS) is 13.3. The molecule has 2 heterocycles. The third-order valence-corrected chi connectivity index (χ3v) is 5.40. The number of nitrogens with zero attached hydrogens (tertiary/aromatic N) is 3. The summed E-state index contributed by atoms with van der Waals surface area (Å²) in [6, 6.07) is 16.8. The lowest BCUT2D eigenvalue weighted by Gasteiger charge is -2.32. The number of hydrogen-bond acceptors (Lipinski definition) is 6. The maximum absolute atomic E-state index is 13.3. The van der Waals surface area contributed by atoms with E-state index in [4.69, 9.17) is 4.74 Å². The van der Waals surface area contributed by atoms with Crippen LogP contribution in [-0.4, -0.2) is 27.9 Å². The van der Waals surface area contributed by atoms with Crippen molar-refractivity contribution < 1.29 is 14.3 Å². The second-order valence-corrected chi connectivity index (χ2v) is 7.33. The highest BCUT2D eigenvalue weighted by Crippen LogP contribution is 2.48. The van der Waals surface area contributed by atoms with Crippen molar-refractivity contribution in [1.29, 1.82) is 0 Å². The summed E-state index contributed by atoms with van der Waals surface area (Å²) in [5.74, 6) is -0.511. The van der Waals surface area contributed by atoms with Crippen LogP contribution in [0, 0.1) is 6.92 Å². The van der Waals surface area contributed by atoms with Crippen molar-refractivity contribution >= 4 is 35.0 Å². The van der Waals surface area contributed by atoms with Gasteiger partial charge in [0.25, 0.3) is 5.91 Å². The molecule has 1 atom stereocenters. The Kier molecular flexibility index (Phi) is 4.83. The van der Waals surface area contributed by atoms with Gasteiger partial charge in [0.2, 0.25) is 0 Å². The zero-order chi connectivity index (χ0) is 19.7. The van der Waals surface area contributed by atoms with E-state index in [1.165, 1.54) is 12.3 Å². The van der Waals surface area contributed by atoms with Crippen LogP contribution in [-0.2, 0) is 9.53 Å². The number of aromatic nitrogens is 2. The van der Waals surface area contributed by atoms with E-state index in [0.717, 1.165) is 21.2 Å². The molecule has 140 valence electrons. The Morgan fingerprint density at radius 3 is 2.21 bits per heavy atom. The molecule has 1 aromatic heterocycles. The highest BCUT2D eigenvalue weighted by atomic mass is 32.2. The molecule has 1 aliphatic rings. The van der Waals surface area contributed by atoms with Gasteiger partial charge in [-0.2, -0.15) is 0 Å². The predicted molar refractivity (Wildman–Crippen MR) is 106 cm³/mol. The van der Waals surface area contributed by atoms with Crippen LogP contribution in [0.4, 0.5) is 11.4 Å². The Morgan fingerprint density at radius 1 is 1.00 bits per heavy atom. The molecule has 2 aromatic carbocycles. The fourth-order valence-corrected chi connectivity index (χ4v) is 4.02. The number of aryl methyl sites for hydroxylation is 1. The monoisotopic (exact) mass is 391 g/mol. The van der Waals surface area contributed by atoms with Crippen molar-refractivity contribution in [3.05, 3.63) is 72.3 Å². The van der Waals surface area contributed by atoms with E-state index >= 15 is 0 Å². The predicted octanol–water partition coefficient (Wildman–Crippen LogP) is 4.16. The molecule has 28 heavy (non-hydrogen) atoms. The first kappa shape index (κ1) is 18.2. The molecule has 0 unspecified atom stereocenters. The maximum Gasteiger partial charge on any atom is 0.357 e. The van der Waals surface area contributed by atoms with E-state index in [1.54, 1.807) is 30.5 Å². The van der Waals surface area contributed by atoms with Crippen molar-refractivity contribution in [2.45, 2.75) is 29.7 Å². The van der Waals surface area contributed by atoms with E-state index in [-0.39, 0.29) is 11.6 Å². The van der Waals surface area contributed by atoms with Crippen LogP contribution in [0.15, 0.2) is 70.6 Å². The van der Waals surface area contributed by atoms with E-state index in [9.17, 15) is 9.59 Å². The molecule has 7 heteroatoms. The minimum atomic E-state index is -0.980. The van der Waals surface area contributed by atoms with Gasteiger partial charge in [-0.3, -0.25) is 9.69 Å². The van der Waals surface area contributed by atoms with Crippen molar-refractivity contribution in [3.63, 3.8) is 0 Å². The second kappa shape index (κ2) is 7.44. The van der Waals surface area contributed by atoms with Crippen molar-refractivity contribution in [1.82, 2.24) is 9.97 Å². The highest BCUT2D eigenvalue weighted by molar-refractivity contribution is 7.99. The van der Waals surface area contributed by atoms with Gasteiger partial charge in [0.15, 0.2) is 11.8 Å². The summed E-state index contributed by atoms with van der Waals surface area (Å²) in [6.45, 7) is 3.26. The molecule has 0 N–H and O–H groups in total. The number of para-hydroxylation sites is 2. The van der Waals surface area contributed by atoms with Crippen molar-refractivity contribution in [3.8, 4) is 0 Å². The zero-order valence-electron chi connectivity index (χ0n) is 15.3. The first-order chi connectivity index (χ1) is 13.5. The summed E-state index contributed by atoms with van der Waals surface area (Å²) < 4.78 is 5.41. The Balaban J connectivity index is 1.63. The fourth-order valence-electron chi connectivity index (χ4n) is 2.97. The zero-order valence-corrected chi connectivity index (χ0v) is 16.1. The van der Waals surface area contributed by atoms with Gasteiger partial charge in [-0.15, -0.1) is 0 Å². The molecule has 1 amide bonds. The lowest BCUT2D eigenvalue weighted by Crippen LogP contribution is -2.38. The third-order valence-electron chi connectivity index (χ3n) is 4.27.